The lowest BCUT2D eigenvalue weighted by Gasteiger charge is -2.18. The van der Waals surface area contributed by atoms with Crippen LogP contribution in [0.2, 0.25) is 0 Å². The van der Waals surface area contributed by atoms with Gasteiger partial charge in [0, 0.05) is 0 Å². The van der Waals surface area contributed by atoms with Crippen molar-refractivity contribution in [1.82, 2.24) is 0 Å². The average Bonchev–Trinajstić information content (AvgIpc) is 2.62. The van der Waals surface area contributed by atoms with Crippen LogP contribution >= 0.6 is 0 Å². The molecule has 0 saturated heterocycles. The molecule has 19 heavy (non-hydrogen) atoms. The Morgan fingerprint density at radius 3 is 1.63 bits per heavy atom. The maximum Gasteiger partial charge on any atom is 0.0801 e. The van der Waals surface area contributed by atoms with Gasteiger partial charge in [-0.05, 0) is 25.7 Å². The van der Waals surface area contributed by atoms with Crippen LogP contribution in [-0.2, 0) is 4.74 Å². The molecular formula is C18H22O. The van der Waals surface area contributed by atoms with Crippen molar-refractivity contribution in [2.24, 2.45) is 0 Å². The Morgan fingerprint density at radius 1 is 0.579 bits per heavy atom. The fraction of sp³-hybridized carbons (Fsp3) is 0.333. The molecule has 1 heteroatoms. The molecule has 2 atom stereocenters. The van der Waals surface area contributed by atoms with Crippen LogP contribution in [0.15, 0.2) is 72.9 Å². The normalized spacial score (nSPS) is 37.3. The van der Waals surface area contributed by atoms with Crippen LogP contribution in [0.5, 0.6) is 0 Å². The first-order valence-corrected chi connectivity index (χ1v) is 7.07. The van der Waals surface area contributed by atoms with Crippen LogP contribution in [0.3, 0.4) is 0 Å². The molecule has 0 aliphatic heterocycles. The summed E-state index contributed by atoms with van der Waals surface area (Å²) in [7, 11) is 0. The number of allylic oxidation sites excluding steroid dienone is 8. The zero-order chi connectivity index (χ0) is 13.2. The number of hydrogen-bond donors (Lipinski definition) is 0. The third-order valence-corrected chi connectivity index (χ3v) is 3.11. The molecule has 0 bridgehead atoms. The van der Waals surface area contributed by atoms with E-state index in [1.807, 2.05) is 0 Å². The predicted octanol–water partition coefficient (Wildman–Crippen LogP) is 4.67. The molecule has 0 aromatic heterocycles. The summed E-state index contributed by atoms with van der Waals surface area (Å²) >= 11 is 0. The summed E-state index contributed by atoms with van der Waals surface area (Å²) in [6.45, 7) is 0. The van der Waals surface area contributed by atoms with E-state index in [1.54, 1.807) is 0 Å². The highest BCUT2D eigenvalue weighted by Gasteiger charge is 2.10. The van der Waals surface area contributed by atoms with Crippen molar-refractivity contribution in [2.75, 3.05) is 0 Å². The van der Waals surface area contributed by atoms with Gasteiger partial charge in [0.2, 0.25) is 0 Å². The van der Waals surface area contributed by atoms with Crippen molar-refractivity contribution in [3.63, 3.8) is 0 Å². The zero-order valence-corrected chi connectivity index (χ0v) is 11.3. The van der Waals surface area contributed by atoms with Crippen LogP contribution in [0, 0.1) is 0 Å². The largest absolute Gasteiger partial charge is 0.366 e. The van der Waals surface area contributed by atoms with E-state index in [1.165, 1.54) is 0 Å². The highest BCUT2D eigenvalue weighted by molar-refractivity contribution is 5.12. The van der Waals surface area contributed by atoms with Gasteiger partial charge in [0.1, 0.15) is 0 Å². The van der Waals surface area contributed by atoms with Crippen molar-refractivity contribution in [1.29, 1.82) is 0 Å². The maximum absolute atomic E-state index is 6.17. The molecule has 0 amide bonds. The fourth-order valence-corrected chi connectivity index (χ4v) is 2.08. The minimum Gasteiger partial charge on any atom is -0.366 e. The SMILES string of the molecule is C1=C\C/C=C\CC(OC2/C=C\C=C/C/C=C\C2)\C=C/1. The molecule has 100 valence electrons. The van der Waals surface area contributed by atoms with Gasteiger partial charge >= 0.3 is 0 Å². The second-order valence-corrected chi connectivity index (χ2v) is 4.72. The number of hydrogen-bond acceptors (Lipinski definition) is 1. The van der Waals surface area contributed by atoms with E-state index < -0.39 is 0 Å². The minimum absolute atomic E-state index is 0.159. The van der Waals surface area contributed by atoms with E-state index >= 15 is 0 Å². The summed E-state index contributed by atoms with van der Waals surface area (Å²) in [4.78, 5) is 0. The van der Waals surface area contributed by atoms with Gasteiger partial charge in [-0.3, -0.25) is 0 Å². The Balaban J connectivity index is 1.96. The molecule has 0 N–H and O–H groups in total. The standard InChI is InChI=1S/C18H22O/c1-2-6-10-14-17(13-9-5-1)19-18-15-11-7-3-4-8-12-16-18/h1,3,5-13,15,17-18H,2,4,14,16H2/b5-1-,7-3-,10-6-,12-8-,13-9-,15-11-. The fourth-order valence-electron chi connectivity index (χ4n) is 2.08. The molecule has 0 saturated carbocycles. The lowest BCUT2D eigenvalue weighted by atomic mass is 10.2. The van der Waals surface area contributed by atoms with Gasteiger partial charge < -0.3 is 4.74 Å². The van der Waals surface area contributed by atoms with E-state index in [0.717, 1.165) is 25.7 Å². The third-order valence-electron chi connectivity index (χ3n) is 3.11. The van der Waals surface area contributed by atoms with Gasteiger partial charge in [-0.25, -0.2) is 0 Å². The quantitative estimate of drug-likeness (QED) is 0.651. The summed E-state index contributed by atoms with van der Waals surface area (Å²) in [5.41, 5.74) is 0. The molecule has 2 rings (SSSR count). The molecule has 0 radical (unpaired) electrons. The molecule has 2 unspecified atom stereocenters. The second kappa shape index (κ2) is 8.49. The minimum atomic E-state index is 0.159. The van der Waals surface area contributed by atoms with E-state index in [0.29, 0.717) is 0 Å². The van der Waals surface area contributed by atoms with E-state index in [4.69, 9.17) is 4.74 Å². The van der Waals surface area contributed by atoms with Crippen molar-refractivity contribution >= 4 is 0 Å². The lowest BCUT2D eigenvalue weighted by molar-refractivity contribution is 0.0450. The first-order valence-electron chi connectivity index (χ1n) is 7.07. The van der Waals surface area contributed by atoms with Crippen molar-refractivity contribution in [3.8, 4) is 0 Å². The summed E-state index contributed by atoms with van der Waals surface area (Å²) in [6, 6.07) is 0. The van der Waals surface area contributed by atoms with Gasteiger partial charge in [-0.1, -0.05) is 72.9 Å². The average molecular weight is 254 g/mol. The molecular weight excluding hydrogens is 232 g/mol. The number of ether oxygens (including phenoxy) is 1. The summed E-state index contributed by atoms with van der Waals surface area (Å²) < 4.78 is 6.17. The van der Waals surface area contributed by atoms with Crippen LogP contribution in [0.25, 0.3) is 0 Å². The van der Waals surface area contributed by atoms with Crippen LogP contribution in [-0.4, -0.2) is 12.2 Å². The topological polar surface area (TPSA) is 9.23 Å². The van der Waals surface area contributed by atoms with Gasteiger partial charge in [0.15, 0.2) is 0 Å². The zero-order valence-electron chi connectivity index (χ0n) is 11.3. The summed E-state index contributed by atoms with van der Waals surface area (Å²) in [5.74, 6) is 0. The summed E-state index contributed by atoms with van der Waals surface area (Å²) in [5, 5.41) is 0. The maximum atomic E-state index is 6.17. The smallest absolute Gasteiger partial charge is 0.0801 e. The number of rotatable bonds is 2. The predicted molar refractivity (Wildman–Crippen MR) is 82.0 cm³/mol. The molecule has 2 aliphatic carbocycles. The Morgan fingerprint density at radius 2 is 1.11 bits per heavy atom. The van der Waals surface area contributed by atoms with Gasteiger partial charge in [0.05, 0.1) is 12.2 Å². The Hall–Kier alpha value is -1.60. The van der Waals surface area contributed by atoms with E-state index in [2.05, 4.69) is 72.9 Å². The summed E-state index contributed by atoms with van der Waals surface area (Å²) in [6.07, 6.45) is 30.0. The molecule has 0 heterocycles. The highest BCUT2D eigenvalue weighted by Crippen LogP contribution is 2.13. The molecule has 0 aromatic carbocycles. The van der Waals surface area contributed by atoms with Gasteiger partial charge in [-0.2, -0.15) is 0 Å². The van der Waals surface area contributed by atoms with Gasteiger partial charge in [-0.15, -0.1) is 0 Å². The van der Waals surface area contributed by atoms with Gasteiger partial charge in [0.25, 0.3) is 0 Å². The molecule has 0 fully saturated rings. The van der Waals surface area contributed by atoms with Crippen LogP contribution < -0.4 is 0 Å². The monoisotopic (exact) mass is 254 g/mol. The Labute approximate surface area is 116 Å². The van der Waals surface area contributed by atoms with Crippen molar-refractivity contribution in [3.05, 3.63) is 72.9 Å². The van der Waals surface area contributed by atoms with Crippen molar-refractivity contribution < 1.29 is 4.74 Å². The second-order valence-electron chi connectivity index (χ2n) is 4.72. The van der Waals surface area contributed by atoms with Crippen molar-refractivity contribution in [2.45, 2.75) is 37.9 Å². The Kier molecular flexibility index (Phi) is 6.18. The molecule has 1 nitrogen and oxygen atoms in total. The first kappa shape index (κ1) is 13.8. The molecule has 0 spiro atoms. The van der Waals surface area contributed by atoms with E-state index in [9.17, 15) is 0 Å². The van der Waals surface area contributed by atoms with Crippen LogP contribution in [0.1, 0.15) is 25.7 Å². The highest BCUT2D eigenvalue weighted by atomic mass is 16.5. The Bertz CT molecular complexity index is 381. The lowest BCUT2D eigenvalue weighted by Crippen LogP contribution is -2.18. The van der Waals surface area contributed by atoms with E-state index in [-0.39, 0.29) is 12.2 Å². The third kappa shape index (κ3) is 5.71. The van der Waals surface area contributed by atoms with Crippen LogP contribution in [0.4, 0.5) is 0 Å². The molecule has 2 aliphatic rings. The first-order chi connectivity index (χ1) is 9.45. The molecule has 0 aromatic rings.